The van der Waals surface area contributed by atoms with Gasteiger partial charge in [0, 0.05) is 43.6 Å². The Morgan fingerprint density at radius 3 is 2.46 bits per heavy atom. The minimum Gasteiger partial charge on any atom is -0.497 e. The smallest absolute Gasteiger partial charge is 0.248 e. The van der Waals surface area contributed by atoms with E-state index in [2.05, 4.69) is 4.98 Å². The number of nitrogens with zero attached hydrogens (tertiary/aromatic N) is 3. The highest BCUT2D eigenvalue weighted by Crippen LogP contribution is 2.33. The Bertz CT molecular complexity index is 1160. The zero-order valence-corrected chi connectivity index (χ0v) is 23.2. The minimum atomic E-state index is -3.72. The van der Waals surface area contributed by atoms with Crippen LogP contribution in [0.4, 0.5) is 0 Å². The Morgan fingerprint density at radius 2 is 1.86 bits per heavy atom. The van der Waals surface area contributed by atoms with Crippen LogP contribution in [0.5, 0.6) is 5.75 Å². The number of aryl methyl sites for hydroxylation is 2. The molecule has 204 valence electrons. The summed E-state index contributed by atoms with van der Waals surface area (Å²) < 4.78 is 39.6. The Morgan fingerprint density at radius 1 is 1.19 bits per heavy atom. The van der Waals surface area contributed by atoms with Crippen molar-refractivity contribution in [1.29, 1.82) is 0 Å². The van der Waals surface area contributed by atoms with Gasteiger partial charge >= 0.3 is 0 Å². The molecule has 3 heterocycles. The first-order chi connectivity index (χ1) is 17.2. The van der Waals surface area contributed by atoms with E-state index in [9.17, 15) is 18.3 Å². The molecule has 1 amide bonds. The largest absolute Gasteiger partial charge is 0.497 e. The standard InChI is InChI=1S/C26H35N3O6S.ClH/c1-19-14-23(34-3)15-20(2)25(19)36(32,33)29-11-5-7-22(29)17-35-18-24(30)28-12-8-26(31,9-13-28)21-6-4-10-27-16-21;/h4,6,10,14-16,22,31H,5,7-9,11-13,17-18H2,1-3H3;1H. The number of likely N-dealkylation sites (tertiary alicyclic amines) is 1. The second-order valence-corrected chi connectivity index (χ2v) is 11.5. The molecule has 2 aliphatic heterocycles. The van der Waals surface area contributed by atoms with Crippen LogP contribution in [0.3, 0.4) is 0 Å². The fourth-order valence-electron chi connectivity index (χ4n) is 5.27. The molecule has 2 aromatic rings. The van der Waals surface area contributed by atoms with Gasteiger partial charge in [-0.3, -0.25) is 9.78 Å². The summed E-state index contributed by atoms with van der Waals surface area (Å²) in [4.78, 5) is 18.8. The molecule has 0 aliphatic carbocycles. The van der Waals surface area contributed by atoms with Crippen LogP contribution in [0.15, 0.2) is 41.6 Å². The van der Waals surface area contributed by atoms with E-state index in [1.165, 1.54) is 4.31 Å². The summed E-state index contributed by atoms with van der Waals surface area (Å²) in [6.07, 6.45) is 5.62. The van der Waals surface area contributed by atoms with E-state index in [-0.39, 0.29) is 37.6 Å². The molecule has 37 heavy (non-hydrogen) atoms. The Labute approximate surface area is 225 Å². The highest BCUT2D eigenvalue weighted by molar-refractivity contribution is 7.89. The van der Waals surface area contributed by atoms with Gasteiger partial charge in [0.2, 0.25) is 15.9 Å². The maximum atomic E-state index is 13.5. The van der Waals surface area contributed by atoms with Crippen molar-refractivity contribution >= 4 is 28.3 Å². The molecule has 11 heteroatoms. The topological polar surface area (TPSA) is 109 Å². The lowest BCUT2D eigenvalue weighted by Gasteiger charge is -2.38. The van der Waals surface area contributed by atoms with Crippen molar-refractivity contribution in [2.75, 3.05) is 40.0 Å². The number of hydrogen-bond acceptors (Lipinski definition) is 7. The lowest BCUT2D eigenvalue weighted by Crippen LogP contribution is -2.46. The molecular formula is C26H36ClN3O6S. The number of pyridine rings is 1. The SMILES string of the molecule is COc1cc(C)c(S(=O)(=O)N2CCCC2COCC(=O)N2CCC(O)(c3cccnc3)CC2)c(C)c1.Cl. The van der Waals surface area contributed by atoms with Crippen molar-refractivity contribution in [3.05, 3.63) is 53.3 Å². The second-order valence-electron chi connectivity index (χ2n) is 9.67. The van der Waals surface area contributed by atoms with Crippen molar-refractivity contribution in [1.82, 2.24) is 14.2 Å². The first-order valence-corrected chi connectivity index (χ1v) is 13.8. The van der Waals surface area contributed by atoms with Gasteiger partial charge < -0.3 is 19.5 Å². The van der Waals surface area contributed by atoms with Crippen LogP contribution in [0.2, 0.25) is 0 Å². The lowest BCUT2D eigenvalue weighted by molar-refractivity contribution is -0.141. The normalized spacial score (nSPS) is 19.9. The van der Waals surface area contributed by atoms with Crippen LogP contribution in [0.1, 0.15) is 42.4 Å². The number of sulfonamides is 1. The van der Waals surface area contributed by atoms with E-state index >= 15 is 0 Å². The summed E-state index contributed by atoms with van der Waals surface area (Å²) in [6.45, 7) is 4.87. The molecule has 2 aliphatic rings. The van der Waals surface area contributed by atoms with Gasteiger partial charge in [0.15, 0.2) is 0 Å². The number of aliphatic hydroxyl groups is 1. The second kappa shape index (κ2) is 12.1. The fourth-order valence-corrected chi connectivity index (χ4v) is 7.37. The lowest BCUT2D eigenvalue weighted by atomic mass is 9.85. The molecule has 1 atom stereocenters. The average Bonchev–Trinajstić information content (AvgIpc) is 3.34. The highest BCUT2D eigenvalue weighted by Gasteiger charge is 2.38. The predicted molar refractivity (Wildman–Crippen MR) is 141 cm³/mol. The highest BCUT2D eigenvalue weighted by atomic mass is 35.5. The molecule has 1 unspecified atom stereocenters. The first-order valence-electron chi connectivity index (χ1n) is 12.3. The van der Waals surface area contributed by atoms with E-state index in [4.69, 9.17) is 9.47 Å². The average molecular weight is 554 g/mol. The van der Waals surface area contributed by atoms with Crippen molar-refractivity contribution in [2.24, 2.45) is 0 Å². The minimum absolute atomic E-state index is 0. The van der Waals surface area contributed by atoms with Crippen LogP contribution in [-0.2, 0) is 25.2 Å². The molecule has 1 N–H and O–H groups in total. The number of hydrogen-bond donors (Lipinski definition) is 1. The number of benzene rings is 1. The van der Waals surface area contributed by atoms with E-state index in [1.54, 1.807) is 56.4 Å². The number of amides is 1. The molecule has 4 rings (SSSR count). The van der Waals surface area contributed by atoms with E-state index in [1.807, 2.05) is 6.07 Å². The molecular weight excluding hydrogens is 518 g/mol. The Kier molecular flexibility index (Phi) is 9.57. The van der Waals surface area contributed by atoms with Gasteiger partial charge in [-0.25, -0.2) is 8.42 Å². The van der Waals surface area contributed by atoms with Crippen LogP contribution in [-0.4, -0.2) is 79.6 Å². The van der Waals surface area contributed by atoms with Crippen LogP contribution < -0.4 is 4.74 Å². The van der Waals surface area contributed by atoms with Crippen molar-refractivity contribution in [2.45, 2.75) is 56.1 Å². The van der Waals surface area contributed by atoms with Gasteiger partial charge in [0.1, 0.15) is 12.4 Å². The zero-order chi connectivity index (χ0) is 25.9. The molecule has 0 saturated carbocycles. The van der Waals surface area contributed by atoms with Gasteiger partial charge in [-0.15, -0.1) is 12.4 Å². The van der Waals surface area contributed by atoms with Crippen LogP contribution >= 0.6 is 12.4 Å². The monoisotopic (exact) mass is 553 g/mol. The molecule has 2 fully saturated rings. The number of aromatic nitrogens is 1. The molecule has 1 aromatic heterocycles. The number of methoxy groups -OCH3 is 1. The van der Waals surface area contributed by atoms with Crippen LogP contribution in [0, 0.1) is 13.8 Å². The molecule has 1 aromatic carbocycles. The zero-order valence-electron chi connectivity index (χ0n) is 21.6. The van der Waals surface area contributed by atoms with Crippen molar-refractivity contribution in [3.8, 4) is 5.75 Å². The molecule has 9 nitrogen and oxygen atoms in total. The van der Waals surface area contributed by atoms with Gasteiger partial charge in [0.05, 0.1) is 24.2 Å². The van der Waals surface area contributed by atoms with Gasteiger partial charge in [-0.2, -0.15) is 4.31 Å². The number of rotatable bonds is 8. The molecule has 0 spiro atoms. The summed E-state index contributed by atoms with van der Waals surface area (Å²) in [7, 11) is -2.16. The fraction of sp³-hybridized carbons (Fsp3) is 0.538. The Hall–Kier alpha value is -2.24. The third-order valence-corrected chi connectivity index (χ3v) is 9.50. The van der Waals surface area contributed by atoms with Crippen molar-refractivity contribution in [3.63, 3.8) is 0 Å². The Balaban J connectivity index is 0.00000380. The maximum absolute atomic E-state index is 13.5. The molecule has 2 saturated heterocycles. The summed E-state index contributed by atoms with van der Waals surface area (Å²) in [6, 6.07) is 6.79. The van der Waals surface area contributed by atoms with E-state index in [0.29, 0.717) is 60.7 Å². The number of carbonyl (C=O) groups is 1. The number of ether oxygens (including phenoxy) is 2. The number of carbonyl (C=O) groups excluding carboxylic acids is 1. The summed E-state index contributed by atoms with van der Waals surface area (Å²) in [5.74, 6) is 0.470. The maximum Gasteiger partial charge on any atom is 0.248 e. The summed E-state index contributed by atoms with van der Waals surface area (Å²) in [5, 5.41) is 11.0. The number of halogens is 1. The first kappa shape index (κ1) is 29.3. The quantitative estimate of drug-likeness (QED) is 0.535. The van der Waals surface area contributed by atoms with Crippen LogP contribution in [0.25, 0.3) is 0 Å². The molecule has 0 bridgehead atoms. The third-order valence-electron chi connectivity index (χ3n) is 7.24. The summed E-state index contributed by atoms with van der Waals surface area (Å²) >= 11 is 0. The summed E-state index contributed by atoms with van der Waals surface area (Å²) in [5.41, 5.74) is 1.07. The molecule has 0 radical (unpaired) electrons. The van der Waals surface area contributed by atoms with E-state index in [0.717, 1.165) is 12.0 Å². The number of piperidine rings is 1. The predicted octanol–water partition coefficient (Wildman–Crippen LogP) is 2.81. The van der Waals surface area contributed by atoms with Gasteiger partial charge in [0.25, 0.3) is 0 Å². The third kappa shape index (κ3) is 6.26. The van der Waals surface area contributed by atoms with Gasteiger partial charge in [-0.1, -0.05) is 6.07 Å². The van der Waals surface area contributed by atoms with Crippen molar-refractivity contribution < 1.29 is 27.8 Å². The van der Waals surface area contributed by atoms with Gasteiger partial charge in [-0.05, 0) is 68.9 Å². The van der Waals surface area contributed by atoms with E-state index < -0.39 is 15.6 Å².